The van der Waals surface area contributed by atoms with E-state index in [1.165, 1.54) is 5.56 Å². The molecule has 3 rings (SSSR count). The molecule has 4 nitrogen and oxygen atoms in total. The van der Waals surface area contributed by atoms with Gasteiger partial charge in [0.25, 0.3) is 0 Å². The molecule has 2 aliphatic heterocycles. The van der Waals surface area contributed by atoms with Crippen molar-refractivity contribution in [3.8, 4) is 0 Å². The Bertz CT molecular complexity index is 525. The summed E-state index contributed by atoms with van der Waals surface area (Å²) < 4.78 is 11.3. The van der Waals surface area contributed by atoms with E-state index < -0.39 is 0 Å². The van der Waals surface area contributed by atoms with E-state index in [0.29, 0.717) is 25.0 Å². The molecule has 0 saturated carbocycles. The second-order valence-electron chi connectivity index (χ2n) is 7.34. The van der Waals surface area contributed by atoms with Gasteiger partial charge in [0.15, 0.2) is 6.29 Å². The molecular formula is C20H29NO3. The van der Waals surface area contributed by atoms with Crippen molar-refractivity contribution < 1.29 is 14.3 Å². The third-order valence-electron chi connectivity index (χ3n) is 5.22. The highest BCUT2D eigenvalue weighted by Gasteiger charge is 2.35. The summed E-state index contributed by atoms with van der Waals surface area (Å²) in [6.45, 7) is 7.28. The second-order valence-corrected chi connectivity index (χ2v) is 7.34. The molecule has 2 atom stereocenters. The number of amides is 1. The standard InChI is InChI=1S/C20H29NO3/c1-15(2)18(13-16-7-4-3-5-8-16)19(22)21-10-6-9-17(14-21)20-23-11-12-24-20/h3-5,7-8,15,17-18,20H,6,9-14H2,1-2H3. The molecule has 2 saturated heterocycles. The van der Waals surface area contributed by atoms with Gasteiger partial charge in [-0.25, -0.2) is 0 Å². The monoisotopic (exact) mass is 331 g/mol. The number of carbonyl (C=O) groups excluding carboxylic acids is 1. The van der Waals surface area contributed by atoms with E-state index >= 15 is 0 Å². The van der Waals surface area contributed by atoms with Crippen molar-refractivity contribution in [1.29, 1.82) is 0 Å². The van der Waals surface area contributed by atoms with Crippen LogP contribution in [-0.2, 0) is 20.7 Å². The Morgan fingerprint density at radius 3 is 2.58 bits per heavy atom. The van der Waals surface area contributed by atoms with Crippen molar-refractivity contribution >= 4 is 5.91 Å². The highest BCUT2D eigenvalue weighted by molar-refractivity contribution is 5.79. The Labute approximate surface area is 145 Å². The molecule has 2 aliphatic rings. The number of carbonyl (C=O) groups is 1. The van der Waals surface area contributed by atoms with Gasteiger partial charge in [-0.05, 0) is 30.7 Å². The predicted molar refractivity (Wildman–Crippen MR) is 93.5 cm³/mol. The molecule has 132 valence electrons. The number of rotatable bonds is 5. The molecule has 1 aromatic rings. The molecule has 2 unspecified atom stereocenters. The Morgan fingerprint density at radius 2 is 1.92 bits per heavy atom. The summed E-state index contributed by atoms with van der Waals surface area (Å²) in [5.41, 5.74) is 1.24. The van der Waals surface area contributed by atoms with Crippen molar-refractivity contribution in [2.45, 2.75) is 39.4 Å². The molecule has 0 N–H and O–H groups in total. The van der Waals surface area contributed by atoms with E-state index in [2.05, 4.69) is 26.0 Å². The fourth-order valence-corrected chi connectivity index (χ4v) is 3.79. The maximum atomic E-state index is 13.1. The van der Waals surface area contributed by atoms with Crippen LogP contribution in [0.1, 0.15) is 32.3 Å². The van der Waals surface area contributed by atoms with Gasteiger partial charge in [-0.2, -0.15) is 0 Å². The molecule has 0 spiro atoms. The van der Waals surface area contributed by atoms with Crippen molar-refractivity contribution in [1.82, 2.24) is 4.90 Å². The largest absolute Gasteiger partial charge is 0.350 e. The number of hydrogen-bond donors (Lipinski definition) is 0. The van der Waals surface area contributed by atoms with Gasteiger partial charge in [-0.1, -0.05) is 44.2 Å². The van der Waals surface area contributed by atoms with Crippen LogP contribution in [0, 0.1) is 17.8 Å². The van der Waals surface area contributed by atoms with Crippen LogP contribution < -0.4 is 0 Å². The van der Waals surface area contributed by atoms with Crippen LogP contribution in [0.4, 0.5) is 0 Å². The molecule has 2 heterocycles. The Balaban J connectivity index is 1.65. The lowest BCUT2D eigenvalue weighted by atomic mass is 9.86. The highest BCUT2D eigenvalue weighted by atomic mass is 16.7. The van der Waals surface area contributed by atoms with Gasteiger partial charge in [-0.3, -0.25) is 4.79 Å². The summed E-state index contributed by atoms with van der Waals surface area (Å²) in [5, 5.41) is 0. The van der Waals surface area contributed by atoms with Gasteiger partial charge in [0.1, 0.15) is 0 Å². The van der Waals surface area contributed by atoms with E-state index in [9.17, 15) is 4.79 Å². The lowest BCUT2D eigenvalue weighted by molar-refractivity contribution is -0.144. The number of piperidine rings is 1. The third-order valence-corrected chi connectivity index (χ3v) is 5.22. The average molecular weight is 331 g/mol. The minimum Gasteiger partial charge on any atom is -0.350 e. The van der Waals surface area contributed by atoms with Crippen molar-refractivity contribution in [2.75, 3.05) is 26.3 Å². The van der Waals surface area contributed by atoms with E-state index in [1.807, 2.05) is 23.1 Å². The summed E-state index contributed by atoms with van der Waals surface area (Å²) in [6.07, 6.45) is 2.82. The number of hydrogen-bond acceptors (Lipinski definition) is 3. The predicted octanol–water partition coefficient (Wildman–Crippen LogP) is 3.11. The van der Waals surface area contributed by atoms with Gasteiger partial charge in [0.05, 0.1) is 13.2 Å². The second kappa shape index (κ2) is 8.13. The maximum Gasteiger partial charge on any atom is 0.226 e. The fraction of sp³-hybridized carbons (Fsp3) is 0.650. The molecule has 4 heteroatoms. The van der Waals surface area contributed by atoms with E-state index in [1.54, 1.807) is 0 Å². The average Bonchev–Trinajstić information content (AvgIpc) is 3.14. The minimum absolute atomic E-state index is 0.0385. The molecule has 0 aliphatic carbocycles. The van der Waals surface area contributed by atoms with Crippen molar-refractivity contribution in [3.05, 3.63) is 35.9 Å². The molecular weight excluding hydrogens is 302 g/mol. The first-order valence-electron chi connectivity index (χ1n) is 9.21. The zero-order valence-corrected chi connectivity index (χ0v) is 14.8. The quantitative estimate of drug-likeness (QED) is 0.832. The highest BCUT2D eigenvalue weighted by Crippen LogP contribution is 2.28. The van der Waals surface area contributed by atoms with Crippen molar-refractivity contribution in [2.24, 2.45) is 17.8 Å². The smallest absolute Gasteiger partial charge is 0.226 e. The number of ether oxygens (including phenoxy) is 2. The van der Waals surface area contributed by atoms with E-state index in [-0.39, 0.29) is 18.1 Å². The zero-order valence-electron chi connectivity index (χ0n) is 14.8. The van der Waals surface area contributed by atoms with Crippen LogP contribution in [0.2, 0.25) is 0 Å². The molecule has 24 heavy (non-hydrogen) atoms. The summed E-state index contributed by atoms with van der Waals surface area (Å²) in [4.78, 5) is 15.2. The summed E-state index contributed by atoms with van der Waals surface area (Å²) in [7, 11) is 0. The Kier molecular flexibility index (Phi) is 5.90. The molecule has 1 aromatic carbocycles. The van der Waals surface area contributed by atoms with Gasteiger partial charge in [0, 0.05) is 24.9 Å². The first-order valence-corrected chi connectivity index (χ1v) is 9.21. The normalized spacial score (nSPS) is 23.6. The topological polar surface area (TPSA) is 38.8 Å². The van der Waals surface area contributed by atoms with Crippen LogP contribution in [0.5, 0.6) is 0 Å². The fourth-order valence-electron chi connectivity index (χ4n) is 3.79. The number of benzene rings is 1. The summed E-state index contributed by atoms with van der Waals surface area (Å²) in [5.74, 6) is 0.972. The zero-order chi connectivity index (χ0) is 16.9. The van der Waals surface area contributed by atoms with Crippen molar-refractivity contribution in [3.63, 3.8) is 0 Å². The molecule has 0 bridgehead atoms. The van der Waals surface area contributed by atoms with Crippen LogP contribution in [0.25, 0.3) is 0 Å². The molecule has 2 fully saturated rings. The molecule has 1 amide bonds. The SMILES string of the molecule is CC(C)C(Cc1ccccc1)C(=O)N1CCCC(C2OCCO2)C1. The van der Waals surface area contributed by atoms with Gasteiger partial charge in [-0.15, -0.1) is 0 Å². The number of nitrogens with zero attached hydrogens (tertiary/aromatic N) is 1. The minimum atomic E-state index is -0.118. The van der Waals surface area contributed by atoms with Crippen LogP contribution in [0.15, 0.2) is 30.3 Å². The number of likely N-dealkylation sites (tertiary alicyclic amines) is 1. The van der Waals surface area contributed by atoms with Crippen LogP contribution in [-0.4, -0.2) is 43.4 Å². The van der Waals surface area contributed by atoms with E-state index in [0.717, 1.165) is 32.4 Å². The third kappa shape index (κ3) is 4.17. The first kappa shape index (κ1) is 17.4. The van der Waals surface area contributed by atoms with Gasteiger partial charge < -0.3 is 14.4 Å². The lowest BCUT2D eigenvalue weighted by Crippen LogP contribution is -2.47. The molecule has 0 radical (unpaired) electrons. The van der Waals surface area contributed by atoms with Gasteiger partial charge >= 0.3 is 0 Å². The van der Waals surface area contributed by atoms with E-state index in [4.69, 9.17) is 9.47 Å². The first-order chi connectivity index (χ1) is 11.6. The van der Waals surface area contributed by atoms with Crippen LogP contribution in [0.3, 0.4) is 0 Å². The lowest BCUT2D eigenvalue weighted by Gasteiger charge is -2.37. The van der Waals surface area contributed by atoms with Crippen LogP contribution >= 0.6 is 0 Å². The van der Waals surface area contributed by atoms with Gasteiger partial charge in [0.2, 0.25) is 5.91 Å². The Hall–Kier alpha value is -1.39. The summed E-state index contributed by atoms with van der Waals surface area (Å²) >= 11 is 0. The molecule has 0 aromatic heterocycles. The Morgan fingerprint density at radius 1 is 1.21 bits per heavy atom. The maximum absolute atomic E-state index is 13.1. The summed E-state index contributed by atoms with van der Waals surface area (Å²) in [6, 6.07) is 10.3.